The number of anilines is 1. The van der Waals surface area contributed by atoms with E-state index in [2.05, 4.69) is 16.4 Å². The van der Waals surface area contributed by atoms with Crippen molar-refractivity contribution in [3.05, 3.63) is 47.7 Å². The van der Waals surface area contributed by atoms with E-state index in [9.17, 15) is 0 Å². The van der Waals surface area contributed by atoms with Crippen molar-refractivity contribution in [1.29, 1.82) is 0 Å². The molecule has 0 saturated heterocycles. The smallest absolute Gasteiger partial charge is 0.127 e. The predicted octanol–water partition coefficient (Wildman–Crippen LogP) is 2.45. The van der Waals surface area contributed by atoms with Crippen LogP contribution >= 0.6 is 0 Å². The minimum absolute atomic E-state index is 0.739. The summed E-state index contributed by atoms with van der Waals surface area (Å²) in [5, 5.41) is 3.40. The van der Waals surface area contributed by atoms with Gasteiger partial charge in [-0.1, -0.05) is 6.07 Å². The minimum atomic E-state index is 0.739. The van der Waals surface area contributed by atoms with Crippen molar-refractivity contribution in [1.82, 2.24) is 10.3 Å². The van der Waals surface area contributed by atoms with Crippen LogP contribution in [0.2, 0.25) is 0 Å². The molecule has 0 aliphatic rings. The first kappa shape index (κ1) is 16.1. The molecule has 0 atom stereocenters. The van der Waals surface area contributed by atoms with Crippen LogP contribution in [0.15, 0.2) is 36.5 Å². The molecule has 0 spiro atoms. The lowest BCUT2D eigenvalue weighted by atomic mass is 10.2. The van der Waals surface area contributed by atoms with Crippen LogP contribution in [0.4, 0.5) is 5.82 Å². The van der Waals surface area contributed by atoms with Gasteiger partial charge in [-0.25, -0.2) is 4.98 Å². The second-order valence-electron chi connectivity index (χ2n) is 5.24. The quantitative estimate of drug-likeness (QED) is 0.851. The van der Waals surface area contributed by atoms with E-state index in [1.54, 1.807) is 14.2 Å². The Morgan fingerprint density at radius 1 is 0.955 bits per heavy atom. The Labute approximate surface area is 131 Å². The Balaban J connectivity index is 1.93. The Morgan fingerprint density at radius 3 is 2.09 bits per heavy atom. The summed E-state index contributed by atoms with van der Waals surface area (Å²) in [5.74, 6) is 2.56. The van der Waals surface area contributed by atoms with E-state index in [1.165, 1.54) is 0 Å². The molecule has 2 aromatic rings. The fourth-order valence-corrected chi connectivity index (χ4v) is 2.11. The lowest BCUT2D eigenvalue weighted by Crippen LogP contribution is -2.14. The molecule has 0 aliphatic heterocycles. The zero-order valence-corrected chi connectivity index (χ0v) is 13.6. The second kappa shape index (κ2) is 7.66. The zero-order chi connectivity index (χ0) is 15.9. The van der Waals surface area contributed by atoms with Crippen LogP contribution in [0.1, 0.15) is 11.1 Å². The van der Waals surface area contributed by atoms with Crippen LogP contribution in [0.5, 0.6) is 11.5 Å². The third-order valence-corrected chi connectivity index (χ3v) is 3.34. The normalized spacial score (nSPS) is 10.4. The van der Waals surface area contributed by atoms with Crippen molar-refractivity contribution in [3.63, 3.8) is 0 Å². The van der Waals surface area contributed by atoms with Gasteiger partial charge >= 0.3 is 0 Å². The van der Waals surface area contributed by atoms with Crippen LogP contribution in [0.25, 0.3) is 0 Å². The molecule has 118 valence electrons. The van der Waals surface area contributed by atoms with Gasteiger partial charge in [-0.05, 0) is 29.3 Å². The second-order valence-corrected chi connectivity index (χ2v) is 5.24. The first-order chi connectivity index (χ1) is 10.6. The monoisotopic (exact) mass is 301 g/mol. The van der Waals surface area contributed by atoms with Crippen LogP contribution in [0.3, 0.4) is 0 Å². The summed E-state index contributed by atoms with van der Waals surface area (Å²) < 4.78 is 10.6. The average Bonchev–Trinajstić information content (AvgIpc) is 2.55. The number of hydrogen-bond donors (Lipinski definition) is 1. The number of rotatable bonds is 7. The molecule has 1 heterocycles. The Kier molecular flexibility index (Phi) is 5.61. The van der Waals surface area contributed by atoms with Gasteiger partial charge in [-0.2, -0.15) is 0 Å². The number of benzene rings is 1. The van der Waals surface area contributed by atoms with Gasteiger partial charge in [-0.15, -0.1) is 0 Å². The van der Waals surface area contributed by atoms with E-state index in [0.717, 1.165) is 41.5 Å². The molecule has 1 aromatic heterocycles. The van der Waals surface area contributed by atoms with Gasteiger partial charge in [0.05, 0.1) is 14.2 Å². The lowest BCUT2D eigenvalue weighted by molar-refractivity contribution is 0.393. The third kappa shape index (κ3) is 4.36. The summed E-state index contributed by atoms with van der Waals surface area (Å²) in [4.78, 5) is 6.39. The topological polar surface area (TPSA) is 46.6 Å². The summed E-state index contributed by atoms with van der Waals surface area (Å²) in [6.07, 6.45) is 1.90. The molecule has 1 N–H and O–H groups in total. The number of ether oxygens (including phenoxy) is 2. The van der Waals surface area contributed by atoms with Gasteiger partial charge in [0.15, 0.2) is 0 Å². The first-order valence-corrected chi connectivity index (χ1v) is 7.17. The molecule has 5 nitrogen and oxygen atoms in total. The van der Waals surface area contributed by atoms with Gasteiger partial charge in [0.2, 0.25) is 0 Å². The molecule has 0 amide bonds. The van der Waals surface area contributed by atoms with Gasteiger partial charge in [0.25, 0.3) is 0 Å². The first-order valence-electron chi connectivity index (χ1n) is 7.17. The number of hydrogen-bond acceptors (Lipinski definition) is 5. The van der Waals surface area contributed by atoms with Crippen molar-refractivity contribution in [2.24, 2.45) is 0 Å². The molecule has 0 fully saturated rings. The standard InChI is InChI=1S/C17H23N3O2/c1-20(2)17-6-5-13(12-19-17)10-18-11-14-7-15(21-3)9-16(8-14)22-4/h5-9,12,18H,10-11H2,1-4H3. The largest absolute Gasteiger partial charge is 0.497 e. The van der Waals surface area contributed by atoms with E-state index in [0.29, 0.717) is 0 Å². The Hall–Kier alpha value is -2.27. The van der Waals surface area contributed by atoms with E-state index < -0.39 is 0 Å². The Bertz CT molecular complexity index is 575. The molecule has 2 rings (SSSR count). The number of methoxy groups -OCH3 is 2. The molecular formula is C17H23N3O2. The summed E-state index contributed by atoms with van der Waals surface area (Å²) in [6, 6.07) is 9.98. The van der Waals surface area contributed by atoms with E-state index in [4.69, 9.17) is 9.47 Å². The van der Waals surface area contributed by atoms with E-state index >= 15 is 0 Å². The zero-order valence-electron chi connectivity index (χ0n) is 13.6. The van der Waals surface area contributed by atoms with Crippen LogP contribution in [-0.2, 0) is 13.1 Å². The molecule has 5 heteroatoms. The maximum Gasteiger partial charge on any atom is 0.127 e. The number of pyridine rings is 1. The van der Waals surface area contributed by atoms with E-state index in [1.807, 2.05) is 49.5 Å². The summed E-state index contributed by atoms with van der Waals surface area (Å²) >= 11 is 0. The van der Waals surface area contributed by atoms with Crippen LogP contribution < -0.4 is 19.7 Å². The summed E-state index contributed by atoms with van der Waals surface area (Å²) in [5.41, 5.74) is 2.27. The van der Waals surface area contributed by atoms with Crippen molar-refractivity contribution in [2.75, 3.05) is 33.2 Å². The average molecular weight is 301 g/mol. The number of nitrogens with one attached hydrogen (secondary N) is 1. The third-order valence-electron chi connectivity index (χ3n) is 3.34. The number of aromatic nitrogens is 1. The molecule has 0 saturated carbocycles. The van der Waals surface area contributed by atoms with Crippen LogP contribution in [-0.4, -0.2) is 33.3 Å². The highest BCUT2D eigenvalue weighted by Crippen LogP contribution is 2.22. The fourth-order valence-electron chi connectivity index (χ4n) is 2.11. The predicted molar refractivity (Wildman–Crippen MR) is 88.7 cm³/mol. The molecule has 0 bridgehead atoms. The van der Waals surface area contributed by atoms with Gasteiger partial charge in [-0.3, -0.25) is 0 Å². The van der Waals surface area contributed by atoms with Gasteiger partial charge < -0.3 is 19.7 Å². The molecule has 0 unspecified atom stereocenters. The molecule has 0 radical (unpaired) electrons. The molecular weight excluding hydrogens is 278 g/mol. The Morgan fingerprint density at radius 2 is 1.59 bits per heavy atom. The maximum absolute atomic E-state index is 5.28. The molecule has 22 heavy (non-hydrogen) atoms. The highest BCUT2D eigenvalue weighted by atomic mass is 16.5. The van der Waals surface area contributed by atoms with Gasteiger partial charge in [0.1, 0.15) is 17.3 Å². The highest BCUT2D eigenvalue weighted by Gasteiger charge is 2.02. The van der Waals surface area contributed by atoms with E-state index in [-0.39, 0.29) is 0 Å². The summed E-state index contributed by atoms with van der Waals surface area (Å²) in [7, 11) is 7.28. The van der Waals surface area contributed by atoms with Crippen molar-refractivity contribution >= 4 is 5.82 Å². The lowest BCUT2D eigenvalue weighted by Gasteiger charge is -2.12. The number of nitrogens with zero attached hydrogens (tertiary/aromatic N) is 2. The summed E-state index contributed by atoms with van der Waals surface area (Å²) in [6.45, 7) is 1.50. The van der Waals surface area contributed by atoms with Crippen molar-refractivity contribution in [3.8, 4) is 11.5 Å². The molecule has 1 aromatic carbocycles. The van der Waals surface area contributed by atoms with Crippen molar-refractivity contribution in [2.45, 2.75) is 13.1 Å². The maximum atomic E-state index is 5.28. The minimum Gasteiger partial charge on any atom is -0.497 e. The fraction of sp³-hybridized carbons (Fsp3) is 0.353. The highest BCUT2D eigenvalue weighted by molar-refractivity contribution is 5.39. The van der Waals surface area contributed by atoms with Crippen molar-refractivity contribution < 1.29 is 9.47 Å². The SMILES string of the molecule is COc1cc(CNCc2ccc(N(C)C)nc2)cc(OC)c1. The molecule has 0 aliphatic carbocycles. The van der Waals surface area contributed by atoms with Gasteiger partial charge in [0, 0.05) is 39.4 Å². The van der Waals surface area contributed by atoms with Crippen LogP contribution in [0, 0.1) is 0 Å².